The van der Waals surface area contributed by atoms with Gasteiger partial charge in [0.15, 0.2) is 0 Å². The zero-order valence-corrected chi connectivity index (χ0v) is 11.7. The lowest BCUT2D eigenvalue weighted by Gasteiger charge is -2.34. The van der Waals surface area contributed by atoms with Crippen molar-refractivity contribution in [1.82, 2.24) is 0 Å². The molecule has 2 N–H and O–H groups in total. The molecule has 1 rings (SSSR count). The molecule has 0 aromatic rings. The lowest BCUT2D eigenvalue weighted by molar-refractivity contribution is -0.145. The second-order valence-corrected chi connectivity index (χ2v) is 4.86. The highest BCUT2D eigenvalue weighted by molar-refractivity contribution is 5.86. The molecule has 0 aromatic heterocycles. The van der Waals surface area contributed by atoms with Crippen LogP contribution in [-0.4, -0.2) is 42.1 Å². The maximum Gasteiger partial charge on any atom is 0.372 e. The minimum Gasteiger partial charge on any atom is -0.480 e. The number of hydrogen-bond acceptors (Lipinski definition) is 5. The predicted octanol–water partition coefficient (Wildman–Crippen LogP) is 1.38. The normalized spacial score (nSPS) is 24.3. The number of carbonyl (C=O) groups is 1. The van der Waals surface area contributed by atoms with E-state index in [1.165, 1.54) is 7.11 Å². The average Bonchev–Trinajstić information content (AvgIpc) is 2.44. The zero-order valence-electron chi connectivity index (χ0n) is 11.7. The van der Waals surface area contributed by atoms with Crippen LogP contribution in [0.5, 0.6) is 0 Å². The highest BCUT2D eigenvalue weighted by Crippen LogP contribution is 2.30. The van der Waals surface area contributed by atoms with Crippen LogP contribution in [0.15, 0.2) is 11.8 Å². The summed E-state index contributed by atoms with van der Waals surface area (Å²) in [6, 6.07) is 0. The fraction of sp³-hybridized carbons (Fsp3) is 0.786. The van der Waals surface area contributed by atoms with Gasteiger partial charge < -0.3 is 19.7 Å². The van der Waals surface area contributed by atoms with Crippen LogP contribution >= 0.6 is 0 Å². The molecule has 3 atom stereocenters. The van der Waals surface area contributed by atoms with Gasteiger partial charge in [0.1, 0.15) is 6.10 Å². The van der Waals surface area contributed by atoms with E-state index in [1.54, 1.807) is 6.08 Å². The number of carbonyl (C=O) groups excluding carboxylic acids is 1. The second-order valence-electron chi connectivity index (χ2n) is 4.86. The summed E-state index contributed by atoms with van der Waals surface area (Å²) in [5.74, 6) is -0.178. The molecule has 5 heteroatoms. The molecule has 19 heavy (non-hydrogen) atoms. The van der Waals surface area contributed by atoms with Crippen molar-refractivity contribution in [2.45, 2.75) is 51.2 Å². The average molecular weight is 272 g/mol. The van der Waals surface area contributed by atoms with Crippen LogP contribution in [0.2, 0.25) is 0 Å². The van der Waals surface area contributed by atoms with Crippen molar-refractivity contribution in [2.75, 3.05) is 13.7 Å². The number of esters is 1. The summed E-state index contributed by atoms with van der Waals surface area (Å²) < 4.78 is 10.2. The topological polar surface area (TPSA) is 76.0 Å². The molecular weight excluding hydrogens is 248 g/mol. The lowest BCUT2D eigenvalue weighted by atomic mass is 9.86. The molecule has 1 aliphatic rings. The van der Waals surface area contributed by atoms with Crippen LogP contribution in [0.25, 0.3) is 0 Å². The van der Waals surface area contributed by atoms with E-state index >= 15 is 0 Å². The Morgan fingerprint density at radius 3 is 2.95 bits per heavy atom. The van der Waals surface area contributed by atoms with Crippen molar-refractivity contribution in [3.63, 3.8) is 0 Å². The molecular formula is C14H24O5. The monoisotopic (exact) mass is 272 g/mol. The van der Waals surface area contributed by atoms with Crippen LogP contribution in [0.1, 0.15) is 39.0 Å². The van der Waals surface area contributed by atoms with Gasteiger partial charge in [-0.05, 0) is 18.9 Å². The minimum absolute atomic E-state index is 0.0984. The van der Waals surface area contributed by atoms with Crippen molar-refractivity contribution in [1.29, 1.82) is 0 Å². The molecule has 0 aliphatic carbocycles. The van der Waals surface area contributed by atoms with Gasteiger partial charge >= 0.3 is 5.97 Å². The first-order valence-corrected chi connectivity index (χ1v) is 6.88. The summed E-state index contributed by atoms with van der Waals surface area (Å²) in [5, 5.41) is 19.0. The van der Waals surface area contributed by atoms with Gasteiger partial charge in [-0.2, -0.15) is 0 Å². The minimum atomic E-state index is -0.764. The van der Waals surface area contributed by atoms with E-state index in [2.05, 4.69) is 11.7 Å². The predicted molar refractivity (Wildman–Crippen MR) is 70.3 cm³/mol. The number of ether oxygens (including phenoxy) is 2. The number of unbranched alkanes of at least 4 members (excludes halogenated alkanes) is 1. The van der Waals surface area contributed by atoms with Gasteiger partial charge in [-0.1, -0.05) is 19.8 Å². The second kappa shape index (κ2) is 8.17. The van der Waals surface area contributed by atoms with Crippen LogP contribution in [0, 0.1) is 5.92 Å². The van der Waals surface area contributed by atoms with Crippen molar-refractivity contribution in [2.24, 2.45) is 5.92 Å². The maximum atomic E-state index is 11.5. The highest BCUT2D eigenvalue weighted by Gasteiger charge is 2.34. The van der Waals surface area contributed by atoms with Gasteiger partial charge in [-0.15, -0.1) is 0 Å². The van der Waals surface area contributed by atoms with Crippen LogP contribution in [0.4, 0.5) is 0 Å². The number of aliphatic hydroxyl groups is 2. The van der Waals surface area contributed by atoms with Crippen LogP contribution < -0.4 is 0 Å². The summed E-state index contributed by atoms with van der Waals surface area (Å²) in [6.07, 6.45) is 4.53. The summed E-state index contributed by atoms with van der Waals surface area (Å²) in [5.41, 5.74) is 0. The Balaban J connectivity index is 2.74. The molecule has 0 spiro atoms. The summed E-state index contributed by atoms with van der Waals surface area (Å²) in [6.45, 7) is 2.01. The van der Waals surface area contributed by atoms with Crippen LogP contribution in [0.3, 0.4) is 0 Å². The zero-order chi connectivity index (χ0) is 14.3. The number of rotatable bonds is 7. The number of hydrogen-bond donors (Lipinski definition) is 2. The van der Waals surface area contributed by atoms with Crippen molar-refractivity contribution >= 4 is 5.97 Å². The Morgan fingerprint density at radius 1 is 1.63 bits per heavy atom. The van der Waals surface area contributed by atoms with E-state index in [4.69, 9.17) is 9.84 Å². The van der Waals surface area contributed by atoms with Crippen molar-refractivity contribution in [3.8, 4) is 0 Å². The largest absolute Gasteiger partial charge is 0.480 e. The molecule has 0 fully saturated rings. The van der Waals surface area contributed by atoms with E-state index in [0.717, 1.165) is 19.3 Å². The molecule has 0 aromatic carbocycles. The molecule has 0 bridgehead atoms. The Kier molecular flexibility index (Phi) is 6.87. The van der Waals surface area contributed by atoms with Gasteiger partial charge in [0.05, 0.1) is 13.2 Å². The molecule has 5 nitrogen and oxygen atoms in total. The van der Waals surface area contributed by atoms with Crippen molar-refractivity contribution in [3.05, 3.63) is 11.8 Å². The van der Waals surface area contributed by atoms with Gasteiger partial charge in [-0.25, -0.2) is 4.79 Å². The SMILES string of the molecule is CCCCC1CC=C(C(=O)OC)OC1C(O)CCO. The Morgan fingerprint density at radius 2 is 2.37 bits per heavy atom. The summed E-state index contributed by atoms with van der Waals surface area (Å²) in [7, 11) is 1.30. The standard InChI is InChI=1S/C14H24O5/c1-3-4-5-10-6-7-12(14(17)18-2)19-13(10)11(16)8-9-15/h7,10-11,13,15-16H,3-6,8-9H2,1-2H3. The fourth-order valence-electron chi connectivity index (χ4n) is 2.35. The molecule has 3 unspecified atom stereocenters. The molecule has 0 radical (unpaired) electrons. The molecule has 0 amide bonds. The van der Waals surface area contributed by atoms with E-state index < -0.39 is 18.2 Å². The van der Waals surface area contributed by atoms with E-state index in [9.17, 15) is 9.90 Å². The van der Waals surface area contributed by atoms with E-state index in [0.29, 0.717) is 6.42 Å². The molecule has 1 heterocycles. The lowest BCUT2D eigenvalue weighted by Crippen LogP contribution is -2.39. The van der Waals surface area contributed by atoms with E-state index in [1.807, 2.05) is 0 Å². The Hall–Kier alpha value is -1.07. The molecule has 110 valence electrons. The third-order valence-corrected chi connectivity index (χ3v) is 3.45. The summed E-state index contributed by atoms with van der Waals surface area (Å²) >= 11 is 0. The third-order valence-electron chi connectivity index (χ3n) is 3.45. The molecule has 1 aliphatic heterocycles. The number of aliphatic hydroxyl groups excluding tert-OH is 2. The van der Waals surface area contributed by atoms with Crippen LogP contribution in [-0.2, 0) is 14.3 Å². The van der Waals surface area contributed by atoms with Gasteiger partial charge in [-0.3, -0.25) is 0 Å². The fourth-order valence-corrected chi connectivity index (χ4v) is 2.35. The van der Waals surface area contributed by atoms with Gasteiger partial charge in [0.2, 0.25) is 5.76 Å². The maximum absolute atomic E-state index is 11.5. The number of allylic oxidation sites excluding steroid dienone is 1. The summed E-state index contributed by atoms with van der Waals surface area (Å²) in [4.78, 5) is 11.5. The van der Waals surface area contributed by atoms with Crippen molar-refractivity contribution < 1.29 is 24.5 Å². The first-order valence-electron chi connectivity index (χ1n) is 6.88. The van der Waals surface area contributed by atoms with Gasteiger partial charge in [0, 0.05) is 18.9 Å². The quantitative estimate of drug-likeness (QED) is 0.685. The van der Waals surface area contributed by atoms with E-state index in [-0.39, 0.29) is 24.7 Å². The third kappa shape index (κ3) is 4.51. The smallest absolute Gasteiger partial charge is 0.372 e. The Labute approximate surface area is 114 Å². The molecule has 0 saturated heterocycles. The number of methoxy groups -OCH3 is 1. The first kappa shape index (κ1) is 16.0. The first-order chi connectivity index (χ1) is 9.13. The molecule has 0 saturated carbocycles. The Bertz CT molecular complexity index is 313. The van der Waals surface area contributed by atoms with Gasteiger partial charge in [0.25, 0.3) is 0 Å². The highest BCUT2D eigenvalue weighted by atomic mass is 16.6.